The van der Waals surface area contributed by atoms with Crippen LogP contribution in [-0.2, 0) is 9.59 Å². The van der Waals surface area contributed by atoms with E-state index in [1.54, 1.807) is 7.05 Å². The molecule has 0 spiro atoms. The zero-order chi connectivity index (χ0) is 14.5. The number of likely N-dealkylation sites (N-methyl/N-ethyl adjacent to an activating group) is 2. The molecule has 0 fully saturated rings. The third-order valence-electron chi connectivity index (χ3n) is 2.95. The number of rotatable bonds is 6. The van der Waals surface area contributed by atoms with Crippen LogP contribution in [0.5, 0.6) is 0 Å². The maximum atomic E-state index is 12.2. The fraction of sp³-hybridized carbons (Fsp3) is 0.846. The molecular formula is C13H27N3O2. The molecule has 2 atom stereocenters. The Kier molecular flexibility index (Phi) is 6.91. The van der Waals surface area contributed by atoms with Gasteiger partial charge >= 0.3 is 0 Å². The average Bonchev–Trinajstić information content (AvgIpc) is 2.23. The summed E-state index contributed by atoms with van der Waals surface area (Å²) in [4.78, 5) is 25.8. The maximum Gasteiger partial charge on any atom is 0.242 e. The van der Waals surface area contributed by atoms with E-state index in [0.29, 0.717) is 0 Å². The van der Waals surface area contributed by atoms with E-state index in [0.717, 1.165) is 0 Å². The lowest BCUT2D eigenvalue weighted by atomic mass is 9.99. The first-order valence-corrected chi connectivity index (χ1v) is 6.40. The second kappa shape index (κ2) is 7.36. The summed E-state index contributed by atoms with van der Waals surface area (Å²) in [6, 6.07) is -0.709. The van der Waals surface area contributed by atoms with E-state index in [2.05, 4.69) is 10.6 Å². The summed E-state index contributed by atoms with van der Waals surface area (Å²) in [5.41, 5.74) is 0. The van der Waals surface area contributed by atoms with Gasteiger partial charge in [0.15, 0.2) is 0 Å². The van der Waals surface area contributed by atoms with Gasteiger partial charge in [0.05, 0.1) is 6.04 Å². The lowest BCUT2D eigenvalue weighted by Crippen LogP contribution is -2.55. The Bertz CT molecular complexity index is 280. The second-order valence-electron chi connectivity index (χ2n) is 5.50. The zero-order valence-electron chi connectivity index (χ0n) is 12.6. The SMILES string of the molecule is CNC(=O)[C@@H](NC(=O)[C@H](C(C)C)N(C)C)C(C)C. The average molecular weight is 257 g/mol. The van der Waals surface area contributed by atoms with Gasteiger partial charge in [-0.2, -0.15) is 0 Å². The van der Waals surface area contributed by atoms with E-state index < -0.39 is 6.04 Å². The topological polar surface area (TPSA) is 61.4 Å². The molecule has 0 saturated carbocycles. The fourth-order valence-electron chi connectivity index (χ4n) is 2.06. The molecule has 0 saturated heterocycles. The number of carbonyl (C=O) groups is 2. The highest BCUT2D eigenvalue weighted by atomic mass is 16.2. The first-order valence-electron chi connectivity index (χ1n) is 6.40. The summed E-state index contributed by atoms with van der Waals surface area (Å²) >= 11 is 0. The molecule has 2 amide bonds. The van der Waals surface area contributed by atoms with Crippen LogP contribution in [0.3, 0.4) is 0 Å². The van der Waals surface area contributed by atoms with E-state index in [1.807, 2.05) is 46.7 Å². The Morgan fingerprint density at radius 1 is 0.944 bits per heavy atom. The monoisotopic (exact) mass is 257 g/mol. The lowest BCUT2D eigenvalue weighted by Gasteiger charge is -2.29. The molecule has 0 rings (SSSR count). The quantitative estimate of drug-likeness (QED) is 0.726. The molecule has 0 aliphatic heterocycles. The van der Waals surface area contributed by atoms with Gasteiger partial charge in [-0.05, 0) is 25.9 Å². The van der Waals surface area contributed by atoms with Gasteiger partial charge in [-0.3, -0.25) is 14.5 Å². The predicted molar refractivity (Wildman–Crippen MR) is 73.1 cm³/mol. The molecule has 18 heavy (non-hydrogen) atoms. The van der Waals surface area contributed by atoms with Gasteiger partial charge in [-0.25, -0.2) is 0 Å². The third kappa shape index (κ3) is 4.64. The van der Waals surface area contributed by atoms with E-state index >= 15 is 0 Å². The highest BCUT2D eigenvalue weighted by Gasteiger charge is 2.29. The normalized spacial score (nSPS) is 14.8. The van der Waals surface area contributed by atoms with Gasteiger partial charge in [-0.15, -0.1) is 0 Å². The minimum atomic E-state index is -0.483. The Morgan fingerprint density at radius 2 is 1.44 bits per heavy atom. The van der Waals surface area contributed by atoms with Crippen molar-refractivity contribution in [3.63, 3.8) is 0 Å². The van der Waals surface area contributed by atoms with Gasteiger partial charge in [0, 0.05) is 7.05 Å². The van der Waals surface area contributed by atoms with Gasteiger partial charge in [0.25, 0.3) is 0 Å². The van der Waals surface area contributed by atoms with Crippen LogP contribution in [0.2, 0.25) is 0 Å². The minimum Gasteiger partial charge on any atom is -0.357 e. The molecule has 5 heteroatoms. The van der Waals surface area contributed by atoms with Gasteiger partial charge < -0.3 is 10.6 Å². The largest absolute Gasteiger partial charge is 0.357 e. The van der Waals surface area contributed by atoms with Gasteiger partial charge in [-0.1, -0.05) is 27.7 Å². The first-order chi connectivity index (χ1) is 8.22. The Labute approximate surface area is 110 Å². The lowest BCUT2D eigenvalue weighted by molar-refractivity contribution is -0.133. The van der Waals surface area contributed by atoms with Crippen LogP contribution in [0.4, 0.5) is 0 Å². The number of nitrogens with zero attached hydrogens (tertiary/aromatic N) is 1. The van der Waals surface area contributed by atoms with Crippen LogP contribution in [0.1, 0.15) is 27.7 Å². The van der Waals surface area contributed by atoms with Crippen molar-refractivity contribution in [1.82, 2.24) is 15.5 Å². The van der Waals surface area contributed by atoms with Crippen LogP contribution in [0.15, 0.2) is 0 Å². The van der Waals surface area contributed by atoms with E-state index in [1.165, 1.54) is 0 Å². The standard InChI is InChI=1S/C13H27N3O2/c1-8(2)10(12(17)14-5)15-13(18)11(9(3)4)16(6)7/h8-11H,1-7H3,(H,14,17)(H,15,18)/t10-,11-/m0/s1. The van der Waals surface area contributed by atoms with Crippen LogP contribution < -0.4 is 10.6 Å². The molecule has 0 unspecified atom stereocenters. The molecule has 2 N–H and O–H groups in total. The smallest absolute Gasteiger partial charge is 0.242 e. The molecule has 0 heterocycles. The van der Waals surface area contributed by atoms with Gasteiger partial charge in [0.2, 0.25) is 11.8 Å². The number of amides is 2. The van der Waals surface area contributed by atoms with Crippen molar-refractivity contribution in [3.8, 4) is 0 Å². The number of carbonyl (C=O) groups excluding carboxylic acids is 2. The molecule has 0 aromatic carbocycles. The van der Waals surface area contributed by atoms with E-state index in [-0.39, 0.29) is 29.7 Å². The second-order valence-corrected chi connectivity index (χ2v) is 5.50. The molecule has 0 bridgehead atoms. The van der Waals surface area contributed by atoms with Crippen LogP contribution >= 0.6 is 0 Å². The molecule has 5 nitrogen and oxygen atoms in total. The maximum absolute atomic E-state index is 12.2. The molecule has 0 aliphatic rings. The summed E-state index contributed by atoms with van der Waals surface area (Å²) in [6.45, 7) is 7.82. The van der Waals surface area contributed by atoms with Crippen molar-refractivity contribution in [3.05, 3.63) is 0 Å². The summed E-state index contributed by atoms with van der Waals surface area (Å²) in [6.07, 6.45) is 0. The zero-order valence-corrected chi connectivity index (χ0v) is 12.6. The Hall–Kier alpha value is -1.10. The van der Waals surface area contributed by atoms with Crippen molar-refractivity contribution in [2.45, 2.75) is 39.8 Å². The molecule has 0 aliphatic carbocycles. The van der Waals surface area contributed by atoms with E-state index in [9.17, 15) is 9.59 Å². The van der Waals surface area contributed by atoms with Crippen LogP contribution in [0, 0.1) is 11.8 Å². The molecule has 106 valence electrons. The van der Waals surface area contributed by atoms with Gasteiger partial charge in [0.1, 0.15) is 6.04 Å². The van der Waals surface area contributed by atoms with Crippen molar-refractivity contribution < 1.29 is 9.59 Å². The summed E-state index contributed by atoms with van der Waals surface area (Å²) in [5.74, 6) is -0.00159. The van der Waals surface area contributed by atoms with Crippen molar-refractivity contribution in [2.75, 3.05) is 21.1 Å². The minimum absolute atomic E-state index is 0.0591. The Morgan fingerprint density at radius 3 is 1.72 bits per heavy atom. The molecule has 0 radical (unpaired) electrons. The van der Waals surface area contributed by atoms with Crippen LogP contribution in [0.25, 0.3) is 0 Å². The predicted octanol–water partition coefficient (Wildman–Crippen LogP) is 0.459. The summed E-state index contributed by atoms with van der Waals surface area (Å²) in [7, 11) is 5.32. The van der Waals surface area contributed by atoms with Crippen LogP contribution in [-0.4, -0.2) is 49.9 Å². The van der Waals surface area contributed by atoms with Crippen molar-refractivity contribution in [2.24, 2.45) is 11.8 Å². The number of hydrogen-bond donors (Lipinski definition) is 2. The highest BCUT2D eigenvalue weighted by Crippen LogP contribution is 2.09. The number of hydrogen-bond acceptors (Lipinski definition) is 3. The third-order valence-corrected chi connectivity index (χ3v) is 2.95. The van der Waals surface area contributed by atoms with E-state index in [4.69, 9.17) is 0 Å². The number of nitrogens with one attached hydrogen (secondary N) is 2. The van der Waals surface area contributed by atoms with Crippen molar-refractivity contribution in [1.29, 1.82) is 0 Å². The Balaban J connectivity index is 4.82. The first kappa shape index (κ1) is 16.9. The molecular weight excluding hydrogens is 230 g/mol. The molecule has 0 aromatic heterocycles. The van der Waals surface area contributed by atoms with Crippen molar-refractivity contribution >= 4 is 11.8 Å². The summed E-state index contributed by atoms with van der Waals surface area (Å²) in [5, 5.41) is 5.42. The summed E-state index contributed by atoms with van der Waals surface area (Å²) < 4.78 is 0. The fourth-order valence-corrected chi connectivity index (χ4v) is 2.06. The molecule has 0 aromatic rings. The highest BCUT2D eigenvalue weighted by molar-refractivity contribution is 5.89.